The minimum atomic E-state index is -0.389. The van der Waals surface area contributed by atoms with Crippen molar-refractivity contribution in [2.24, 2.45) is 5.92 Å². The molecule has 3 nitrogen and oxygen atoms in total. The fourth-order valence-corrected chi connectivity index (χ4v) is 1.99. The van der Waals surface area contributed by atoms with E-state index in [1.165, 1.54) is 13.2 Å². The molecule has 2 rings (SSSR count). The van der Waals surface area contributed by atoms with Crippen LogP contribution < -0.4 is 4.74 Å². The lowest BCUT2D eigenvalue weighted by Crippen LogP contribution is -2.07. The number of esters is 1. The minimum Gasteiger partial charge on any atom is -0.494 e. The van der Waals surface area contributed by atoms with Crippen molar-refractivity contribution in [2.45, 2.75) is 19.3 Å². The van der Waals surface area contributed by atoms with E-state index in [9.17, 15) is 9.18 Å². The van der Waals surface area contributed by atoms with Crippen LogP contribution in [-0.2, 0) is 9.53 Å². The lowest BCUT2D eigenvalue weighted by molar-refractivity contribution is -0.144. The van der Waals surface area contributed by atoms with Gasteiger partial charge in [-0.05, 0) is 37.0 Å². The van der Waals surface area contributed by atoms with Crippen LogP contribution in [0.4, 0.5) is 4.39 Å². The van der Waals surface area contributed by atoms with Crippen LogP contribution in [-0.4, -0.2) is 19.7 Å². The van der Waals surface area contributed by atoms with Crippen molar-refractivity contribution >= 4 is 5.97 Å². The monoisotopic (exact) mass is 238 g/mol. The van der Waals surface area contributed by atoms with Gasteiger partial charge in [0.05, 0.1) is 19.6 Å². The predicted octanol–water partition coefficient (Wildman–Crippen LogP) is 2.50. The van der Waals surface area contributed by atoms with Gasteiger partial charge in [0.1, 0.15) is 0 Å². The van der Waals surface area contributed by atoms with Crippen LogP contribution in [0.15, 0.2) is 18.2 Å². The largest absolute Gasteiger partial charge is 0.494 e. The fraction of sp³-hybridized carbons (Fsp3) is 0.462. The maximum Gasteiger partial charge on any atom is 0.309 e. The van der Waals surface area contributed by atoms with Crippen LogP contribution in [0.3, 0.4) is 0 Å². The van der Waals surface area contributed by atoms with Gasteiger partial charge in [0.25, 0.3) is 0 Å². The van der Waals surface area contributed by atoms with Crippen molar-refractivity contribution in [1.82, 2.24) is 0 Å². The van der Waals surface area contributed by atoms with Gasteiger partial charge in [0, 0.05) is 0 Å². The second-order valence-electron chi connectivity index (χ2n) is 4.09. The summed E-state index contributed by atoms with van der Waals surface area (Å²) in [5.74, 6) is -0.368. The van der Waals surface area contributed by atoms with E-state index in [4.69, 9.17) is 9.47 Å². The second kappa shape index (κ2) is 4.73. The summed E-state index contributed by atoms with van der Waals surface area (Å²) in [7, 11) is 1.43. The summed E-state index contributed by atoms with van der Waals surface area (Å²) in [4.78, 5) is 11.5. The summed E-state index contributed by atoms with van der Waals surface area (Å²) in [5.41, 5.74) is 0.835. The standard InChI is InChI=1S/C13H15FO3/c1-3-17-13(15)10-7-9(10)8-4-5-12(16-2)11(14)6-8/h4-6,9-10H,3,7H2,1-2H3/t9-,10+/m1/s1. The third-order valence-electron chi connectivity index (χ3n) is 2.98. The first kappa shape index (κ1) is 11.9. The Kier molecular flexibility index (Phi) is 3.31. The Morgan fingerprint density at radius 1 is 1.53 bits per heavy atom. The van der Waals surface area contributed by atoms with Gasteiger partial charge in [-0.15, -0.1) is 0 Å². The van der Waals surface area contributed by atoms with Gasteiger partial charge >= 0.3 is 5.97 Å². The Bertz CT molecular complexity index is 431. The van der Waals surface area contributed by atoms with Crippen LogP contribution in [0.25, 0.3) is 0 Å². The molecule has 0 aliphatic heterocycles. The fourth-order valence-electron chi connectivity index (χ4n) is 1.99. The molecule has 1 saturated carbocycles. The Balaban J connectivity index is 2.06. The van der Waals surface area contributed by atoms with Crippen molar-refractivity contribution in [3.05, 3.63) is 29.6 Å². The zero-order chi connectivity index (χ0) is 12.4. The SMILES string of the molecule is CCOC(=O)[C@H]1C[C@@H]1c1ccc(OC)c(F)c1. The Morgan fingerprint density at radius 2 is 2.29 bits per heavy atom. The smallest absolute Gasteiger partial charge is 0.309 e. The van der Waals surface area contributed by atoms with Gasteiger partial charge in [-0.2, -0.15) is 0 Å². The lowest BCUT2D eigenvalue weighted by Gasteiger charge is -2.05. The minimum absolute atomic E-state index is 0.0921. The molecule has 92 valence electrons. The molecule has 1 aromatic carbocycles. The predicted molar refractivity (Wildman–Crippen MR) is 60.4 cm³/mol. The first-order chi connectivity index (χ1) is 8.17. The molecule has 0 amide bonds. The van der Waals surface area contributed by atoms with E-state index in [0.29, 0.717) is 6.61 Å². The summed E-state index contributed by atoms with van der Waals surface area (Å²) < 4.78 is 23.3. The third-order valence-corrected chi connectivity index (χ3v) is 2.98. The van der Waals surface area contributed by atoms with Crippen LogP contribution in [0.5, 0.6) is 5.75 Å². The molecule has 1 aromatic rings. The number of hydrogen-bond donors (Lipinski definition) is 0. The molecule has 0 radical (unpaired) electrons. The average molecular weight is 238 g/mol. The molecule has 0 bridgehead atoms. The number of halogens is 1. The molecule has 0 heterocycles. The molecule has 0 aromatic heterocycles. The van der Waals surface area contributed by atoms with Crippen molar-refractivity contribution in [1.29, 1.82) is 0 Å². The first-order valence-electron chi connectivity index (χ1n) is 5.67. The topological polar surface area (TPSA) is 35.5 Å². The molecule has 2 atom stereocenters. The maximum atomic E-state index is 13.5. The number of carbonyl (C=O) groups excluding carboxylic acids is 1. The molecule has 1 fully saturated rings. The van der Waals surface area contributed by atoms with Crippen molar-refractivity contribution in [3.8, 4) is 5.75 Å². The summed E-state index contributed by atoms with van der Waals surface area (Å²) >= 11 is 0. The molecular formula is C13H15FO3. The number of carbonyl (C=O) groups is 1. The van der Waals surface area contributed by atoms with E-state index < -0.39 is 0 Å². The van der Waals surface area contributed by atoms with E-state index in [1.807, 2.05) is 0 Å². The summed E-state index contributed by atoms with van der Waals surface area (Å²) in [6, 6.07) is 4.82. The second-order valence-corrected chi connectivity index (χ2v) is 4.09. The van der Waals surface area contributed by atoms with Crippen molar-refractivity contribution in [2.75, 3.05) is 13.7 Å². The summed E-state index contributed by atoms with van der Waals surface area (Å²) in [5, 5.41) is 0. The molecule has 0 saturated heterocycles. The number of ether oxygens (including phenoxy) is 2. The van der Waals surface area contributed by atoms with Gasteiger partial charge in [-0.3, -0.25) is 4.79 Å². The van der Waals surface area contributed by atoms with Gasteiger partial charge in [-0.25, -0.2) is 4.39 Å². The van der Waals surface area contributed by atoms with E-state index >= 15 is 0 Å². The molecule has 17 heavy (non-hydrogen) atoms. The molecule has 0 unspecified atom stereocenters. The lowest BCUT2D eigenvalue weighted by atomic mass is 10.1. The molecular weight excluding hydrogens is 223 g/mol. The van der Waals surface area contributed by atoms with Gasteiger partial charge in [-0.1, -0.05) is 6.07 Å². The Hall–Kier alpha value is -1.58. The Labute approximate surface area is 99.5 Å². The molecule has 4 heteroatoms. The van der Waals surface area contributed by atoms with Gasteiger partial charge < -0.3 is 9.47 Å². The quantitative estimate of drug-likeness (QED) is 0.756. The zero-order valence-corrected chi connectivity index (χ0v) is 9.90. The number of hydrogen-bond acceptors (Lipinski definition) is 3. The van der Waals surface area contributed by atoms with E-state index in [0.717, 1.165) is 12.0 Å². The van der Waals surface area contributed by atoms with Gasteiger partial charge in [0.15, 0.2) is 11.6 Å². The van der Waals surface area contributed by atoms with Crippen molar-refractivity contribution in [3.63, 3.8) is 0 Å². The molecule has 1 aliphatic carbocycles. The molecule has 1 aliphatic rings. The number of benzene rings is 1. The third kappa shape index (κ3) is 2.40. The number of rotatable bonds is 4. The summed E-state index contributed by atoms with van der Waals surface area (Å²) in [6.07, 6.45) is 0.741. The first-order valence-corrected chi connectivity index (χ1v) is 5.67. The van der Waals surface area contributed by atoms with Gasteiger partial charge in [0.2, 0.25) is 0 Å². The Morgan fingerprint density at radius 3 is 2.88 bits per heavy atom. The highest BCUT2D eigenvalue weighted by Gasteiger charge is 2.45. The summed E-state index contributed by atoms with van der Waals surface area (Å²) in [6.45, 7) is 2.17. The van der Waals surface area contributed by atoms with Crippen LogP contribution in [0.2, 0.25) is 0 Å². The highest BCUT2D eigenvalue weighted by molar-refractivity contribution is 5.77. The highest BCUT2D eigenvalue weighted by Crippen LogP contribution is 2.48. The normalized spacial score (nSPS) is 22.1. The highest BCUT2D eigenvalue weighted by atomic mass is 19.1. The van der Waals surface area contributed by atoms with E-state index in [-0.39, 0.29) is 29.4 Å². The maximum absolute atomic E-state index is 13.5. The van der Waals surface area contributed by atoms with E-state index in [2.05, 4.69) is 0 Å². The van der Waals surface area contributed by atoms with E-state index in [1.54, 1.807) is 19.1 Å². The van der Waals surface area contributed by atoms with Crippen LogP contribution >= 0.6 is 0 Å². The number of methoxy groups -OCH3 is 1. The van der Waals surface area contributed by atoms with Crippen molar-refractivity contribution < 1.29 is 18.7 Å². The zero-order valence-electron chi connectivity index (χ0n) is 9.90. The molecule has 0 N–H and O–H groups in total. The molecule has 0 spiro atoms. The van der Waals surface area contributed by atoms with Crippen LogP contribution in [0.1, 0.15) is 24.8 Å². The average Bonchev–Trinajstić information content (AvgIpc) is 3.09. The van der Waals surface area contributed by atoms with Crippen LogP contribution in [0, 0.1) is 11.7 Å².